The minimum atomic E-state index is -0.425. The van der Waals surface area contributed by atoms with Crippen LogP contribution in [0.1, 0.15) is 24.1 Å². The first-order valence-electron chi connectivity index (χ1n) is 6.35. The number of nitrogens with one attached hydrogen (secondary N) is 1. The summed E-state index contributed by atoms with van der Waals surface area (Å²) in [6, 6.07) is 9.41. The Hall–Kier alpha value is -1.95. The fourth-order valence-corrected chi connectivity index (χ4v) is 2.41. The average molecular weight is 353 g/mol. The van der Waals surface area contributed by atoms with Crippen LogP contribution in [0.15, 0.2) is 40.9 Å². The van der Waals surface area contributed by atoms with Gasteiger partial charge in [-0.15, -0.1) is 0 Å². The Labute approximate surface area is 130 Å². The predicted octanol–water partition coefficient (Wildman–Crippen LogP) is 4.98. The monoisotopic (exact) mass is 352 g/mol. The molecular weight excluding hydrogens is 339 g/mol. The third-order valence-corrected chi connectivity index (χ3v) is 3.71. The number of aryl methyl sites for hydroxylation is 1. The van der Waals surface area contributed by atoms with Crippen molar-refractivity contribution >= 4 is 27.3 Å². The molecule has 4 nitrogen and oxygen atoms in total. The molecule has 6 heteroatoms. The summed E-state index contributed by atoms with van der Waals surface area (Å²) in [7, 11) is 0. The zero-order chi connectivity index (χ0) is 15.6. The molecule has 0 saturated carbocycles. The molecule has 110 valence electrons. The standard InChI is InChI=1S/C15H14BrFN2O2/c1-9-3-5-12(8-15(9)19(20)21)18-10(2)13-6-4-11(16)7-14(13)17/h3-8,10,18H,1-2H3. The van der Waals surface area contributed by atoms with Crippen LogP contribution in [0.3, 0.4) is 0 Å². The van der Waals surface area contributed by atoms with Gasteiger partial charge in [0.15, 0.2) is 0 Å². The van der Waals surface area contributed by atoms with E-state index in [1.54, 1.807) is 38.1 Å². The molecule has 21 heavy (non-hydrogen) atoms. The Morgan fingerprint density at radius 2 is 2.00 bits per heavy atom. The van der Waals surface area contributed by atoms with Crippen molar-refractivity contribution in [3.05, 3.63) is 67.9 Å². The van der Waals surface area contributed by atoms with Gasteiger partial charge in [0.2, 0.25) is 0 Å². The van der Waals surface area contributed by atoms with Crippen LogP contribution in [0.25, 0.3) is 0 Å². The van der Waals surface area contributed by atoms with Crippen LogP contribution >= 0.6 is 15.9 Å². The van der Waals surface area contributed by atoms with Gasteiger partial charge in [0.1, 0.15) is 5.82 Å². The van der Waals surface area contributed by atoms with Crippen LogP contribution < -0.4 is 5.32 Å². The number of anilines is 1. The van der Waals surface area contributed by atoms with E-state index in [0.717, 1.165) is 0 Å². The van der Waals surface area contributed by atoms with Crippen LogP contribution in [0.4, 0.5) is 15.8 Å². The summed E-state index contributed by atoms with van der Waals surface area (Å²) in [5, 5.41) is 14.0. The van der Waals surface area contributed by atoms with Crippen molar-refractivity contribution in [2.75, 3.05) is 5.32 Å². The van der Waals surface area contributed by atoms with E-state index >= 15 is 0 Å². The Morgan fingerprint density at radius 3 is 2.62 bits per heavy atom. The number of hydrogen-bond donors (Lipinski definition) is 1. The van der Waals surface area contributed by atoms with Crippen LogP contribution in [0, 0.1) is 22.9 Å². The molecule has 0 radical (unpaired) electrons. The van der Waals surface area contributed by atoms with E-state index in [0.29, 0.717) is 21.3 Å². The van der Waals surface area contributed by atoms with Gasteiger partial charge in [-0.25, -0.2) is 4.39 Å². The first-order chi connectivity index (χ1) is 9.88. The van der Waals surface area contributed by atoms with Crippen molar-refractivity contribution in [1.82, 2.24) is 0 Å². The lowest BCUT2D eigenvalue weighted by atomic mass is 10.1. The highest BCUT2D eigenvalue weighted by atomic mass is 79.9. The maximum absolute atomic E-state index is 13.9. The molecule has 0 heterocycles. The third-order valence-electron chi connectivity index (χ3n) is 3.22. The number of benzene rings is 2. The van der Waals surface area contributed by atoms with E-state index in [2.05, 4.69) is 21.2 Å². The summed E-state index contributed by atoms with van der Waals surface area (Å²) in [6.45, 7) is 3.48. The Bertz CT molecular complexity index is 691. The van der Waals surface area contributed by atoms with Gasteiger partial charge in [0.05, 0.1) is 11.0 Å². The molecule has 1 N–H and O–H groups in total. The molecule has 1 unspecified atom stereocenters. The second-order valence-corrected chi connectivity index (χ2v) is 5.71. The van der Waals surface area contributed by atoms with Crippen LogP contribution in [-0.4, -0.2) is 4.92 Å². The summed E-state index contributed by atoms with van der Waals surface area (Å²) in [5.74, 6) is -0.328. The largest absolute Gasteiger partial charge is 0.378 e. The van der Waals surface area contributed by atoms with Gasteiger partial charge in [-0.05, 0) is 32.0 Å². The van der Waals surface area contributed by atoms with E-state index in [9.17, 15) is 14.5 Å². The van der Waals surface area contributed by atoms with Crippen LogP contribution in [0.5, 0.6) is 0 Å². The molecule has 1 atom stereocenters. The minimum Gasteiger partial charge on any atom is -0.378 e. The van der Waals surface area contributed by atoms with Crippen LogP contribution in [-0.2, 0) is 0 Å². The second kappa shape index (κ2) is 6.22. The first kappa shape index (κ1) is 15.4. The van der Waals surface area contributed by atoms with Gasteiger partial charge in [-0.3, -0.25) is 10.1 Å². The first-order valence-corrected chi connectivity index (χ1v) is 7.14. The summed E-state index contributed by atoms with van der Waals surface area (Å²) in [5.41, 5.74) is 1.72. The number of halogens is 2. The lowest BCUT2D eigenvalue weighted by Crippen LogP contribution is -2.09. The van der Waals surface area contributed by atoms with E-state index in [4.69, 9.17) is 0 Å². The summed E-state index contributed by atoms with van der Waals surface area (Å²) in [6.07, 6.45) is 0. The molecule has 0 spiro atoms. The fourth-order valence-electron chi connectivity index (χ4n) is 2.08. The smallest absolute Gasteiger partial charge is 0.274 e. The molecule has 2 aromatic rings. The van der Waals surface area contributed by atoms with Gasteiger partial charge in [0.25, 0.3) is 5.69 Å². The van der Waals surface area contributed by atoms with Crippen molar-refractivity contribution in [2.45, 2.75) is 19.9 Å². The summed E-state index contributed by atoms with van der Waals surface area (Å²) in [4.78, 5) is 10.5. The van der Waals surface area contributed by atoms with Crippen molar-refractivity contribution < 1.29 is 9.31 Å². The van der Waals surface area contributed by atoms with Crippen molar-refractivity contribution in [3.63, 3.8) is 0 Å². The second-order valence-electron chi connectivity index (χ2n) is 4.79. The zero-order valence-corrected chi connectivity index (χ0v) is 13.1. The number of rotatable bonds is 4. The van der Waals surface area contributed by atoms with Gasteiger partial charge in [-0.2, -0.15) is 0 Å². The van der Waals surface area contributed by atoms with Gasteiger partial charge < -0.3 is 5.32 Å². The Morgan fingerprint density at radius 1 is 1.29 bits per heavy atom. The summed E-state index contributed by atoms with van der Waals surface area (Å²) < 4.78 is 14.6. The SMILES string of the molecule is Cc1ccc(NC(C)c2ccc(Br)cc2F)cc1[N+](=O)[O-]. The third kappa shape index (κ3) is 3.58. The van der Waals surface area contributed by atoms with Gasteiger partial charge >= 0.3 is 0 Å². The van der Waals surface area contributed by atoms with Crippen molar-refractivity contribution in [1.29, 1.82) is 0 Å². The molecule has 0 fully saturated rings. The van der Waals surface area contributed by atoms with Gasteiger partial charge in [-0.1, -0.05) is 28.1 Å². The molecular formula is C15H14BrFN2O2. The molecule has 0 saturated heterocycles. The topological polar surface area (TPSA) is 55.2 Å². The molecule has 0 aliphatic carbocycles. The Kier molecular flexibility index (Phi) is 4.57. The Balaban J connectivity index is 2.25. The highest BCUT2D eigenvalue weighted by Gasteiger charge is 2.14. The van der Waals surface area contributed by atoms with E-state index in [1.807, 2.05) is 0 Å². The van der Waals surface area contributed by atoms with E-state index in [-0.39, 0.29) is 17.5 Å². The fraction of sp³-hybridized carbons (Fsp3) is 0.200. The molecule has 0 aliphatic rings. The molecule has 2 aromatic carbocycles. The van der Waals surface area contributed by atoms with E-state index in [1.165, 1.54) is 12.1 Å². The molecule has 0 amide bonds. The van der Waals surface area contributed by atoms with Crippen LogP contribution in [0.2, 0.25) is 0 Å². The lowest BCUT2D eigenvalue weighted by Gasteiger charge is -2.16. The summed E-state index contributed by atoms with van der Waals surface area (Å²) >= 11 is 3.21. The van der Waals surface area contributed by atoms with Crippen molar-refractivity contribution in [3.8, 4) is 0 Å². The molecule has 0 aromatic heterocycles. The van der Waals surface area contributed by atoms with Crippen molar-refractivity contribution in [2.24, 2.45) is 0 Å². The highest BCUT2D eigenvalue weighted by molar-refractivity contribution is 9.10. The minimum absolute atomic E-state index is 0.0449. The number of nitrogens with zero attached hydrogens (tertiary/aromatic N) is 1. The molecule has 2 rings (SSSR count). The highest BCUT2D eigenvalue weighted by Crippen LogP contribution is 2.27. The maximum atomic E-state index is 13.9. The quantitative estimate of drug-likeness (QED) is 0.623. The maximum Gasteiger partial charge on any atom is 0.274 e. The molecule has 0 bridgehead atoms. The number of hydrogen-bond acceptors (Lipinski definition) is 3. The normalized spacial score (nSPS) is 12.0. The van der Waals surface area contributed by atoms with Gasteiger partial charge in [0, 0.05) is 27.4 Å². The molecule has 0 aliphatic heterocycles. The number of nitro groups is 1. The van der Waals surface area contributed by atoms with E-state index < -0.39 is 4.92 Å². The average Bonchev–Trinajstić information content (AvgIpc) is 2.40. The predicted molar refractivity (Wildman–Crippen MR) is 84.0 cm³/mol. The zero-order valence-electron chi connectivity index (χ0n) is 11.6. The lowest BCUT2D eigenvalue weighted by molar-refractivity contribution is -0.385. The number of nitro benzene ring substituents is 1.